The third kappa shape index (κ3) is 5.59. The van der Waals surface area contributed by atoms with E-state index in [0.717, 1.165) is 56.9 Å². The second-order valence-electron chi connectivity index (χ2n) is 5.90. The van der Waals surface area contributed by atoms with Gasteiger partial charge in [-0.1, -0.05) is 30.7 Å². The lowest BCUT2D eigenvalue weighted by Gasteiger charge is -2.29. The van der Waals surface area contributed by atoms with E-state index in [1.807, 2.05) is 12.1 Å². The molecular formula is C17H27ClN2O. The highest BCUT2D eigenvalue weighted by atomic mass is 35.5. The van der Waals surface area contributed by atoms with E-state index in [1.54, 1.807) is 0 Å². The van der Waals surface area contributed by atoms with E-state index in [1.165, 1.54) is 5.56 Å². The molecule has 0 saturated carbocycles. The van der Waals surface area contributed by atoms with Gasteiger partial charge in [0.25, 0.3) is 0 Å². The third-order valence-corrected chi connectivity index (χ3v) is 4.49. The first-order valence-electron chi connectivity index (χ1n) is 8.08. The lowest BCUT2D eigenvalue weighted by molar-refractivity contribution is 0.0820. The summed E-state index contributed by atoms with van der Waals surface area (Å²) in [6.07, 6.45) is 3.98. The summed E-state index contributed by atoms with van der Waals surface area (Å²) < 4.78 is 0. The number of aliphatic hydroxyl groups excluding tert-OH is 1. The van der Waals surface area contributed by atoms with E-state index < -0.39 is 0 Å². The molecule has 1 aliphatic heterocycles. The van der Waals surface area contributed by atoms with Crippen LogP contribution in [0.5, 0.6) is 0 Å². The van der Waals surface area contributed by atoms with Gasteiger partial charge in [-0.05, 0) is 56.5 Å². The summed E-state index contributed by atoms with van der Waals surface area (Å²) in [4.78, 5) is 2.45. The number of piperidine rings is 1. The van der Waals surface area contributed by atoms with Crippen molar-refractivity contribution in [3.8, 4) is 0 Å². The van der Waals surface area contributed by atoms with Crippen LogP contribution >= 0.6 is 11.6 Å². The number of nitrogens with zero attached hydrogens (tertiary/aromatic N) is 1. The Kier molecular flexibility index (Phi) is 6.97. The number of halogens is 1. The molecule has 0 bridgehead atoms. The van der Waals surface area contributed by atoms with Gasteiger partial charge in [-0.3, -0.25) is 0 Å². The topological polar surface area (TPSA) is 35.5 Å². The summed E-state index contributed by atoms with van der Waals surface area (Å²) in [5, 5.41) is 13.9. The van der Waals surface area contributed by atoms with Crippen LogP contribution < -0.4 is 5.32 Å². The van der Waals surface area contributed by atoms with Crippen LogP contribution in [0.2, 0.25) is 5.02 Å². The molecule has 1 unspecified atom stereocenters. The van der Waals surface area contributed by atoms with Crippen molar-refractivity contribution in [1.29, 1.82) is 0 Å². The Labute approximate surface area is 133 Å². The zero-order valence-corrected chi connectivity index (χ0v) is 13.6. The largest absolute Gasteiger partial charge is 0.393 e. The van der Waals surface area contributed by atoms with Gasteiger partial charge >= 0.3 is 0 Å². The summed E-state index contributed by atoms with van der Waals surface area (Å²) >= 11 is 6.07. The van der Waals surface area contributed by atoms with Crippen LogP contribution in [-0.4, -0.2) is 42.3 Å². The number of aliphatic hydroxyl groups is 1. The normalized spacial score (nSPS) is 18.8. The van der Waals surface area contributed by atoms with Crippen LogP contribution in [0.15, 0.2) is 24.3 Å². The molecule has 1 aliphatic rings. The molecule has 1 saturated heterocycles. The molecule has 3 nitrogen and oxygen atoms in total. The van der Waals surface area contributed by atoms with Gasteiger partial charge < -0.3 is 15.3 Å². The maximum absolute atomic E-state index is 9.50. The van der Waals surface area contributed by atoms with E-state index in [-0.39, 0.29) is 6.10 Å². The fourth-order valence-electron chi connectivity index (χ4n) is 2.94. The lowest BCUT2D eigenvalue weighted by atomic mass is 10.0. The van der Waals surface area contributed by atoms with Gasteiger partial charge in [0.2, 0.25) is 0 Å². The maximum atomic E-state index is 9.50. The van der Waals surface area contributed by atoms with E-state index >= 15 is 0 Å². The molecule has 1 heterocycles. The van der Waals surface area contributed by atoms with Crippen molar-refractivity contribution in [2.45, 2.75) is 44.8 Å². The number of nitrogens with one attached hydrogen (secondary N) is 1. The SMILES string of the molecule is CCC(NCCCN1CCC(O)CC1)c1cccc(Cl)c1. The predicted octanol–water partition coefficient (Wildman–Crippen LogP) is 3.23. The second kappa shape index (κ2) is 8.74. The molecule has 21 heavy (non-hydrogen) atoms. The summed E-state index contributed by atoms with van der Waals surface area (Å²) in [6.45, 7) is 6.40. The Balaban J connectivity index is 1.69. The van der Waals surface area contributed by atoms with Crippen molar-refractivity contribution in [3.05, 3.63) is 34.9 Å². The minimum absolute atomic E-state index is 0.0772. The Bertz CT molecular complexity index is 419. The van der Waals surface area contributed by atoms with Gasteiger partial charge in [0.05, 0.1) is 6.10 Å². The van der Waals surface area contributed by atoms with E-state index in [9.17, 15) is 5.11 Å². The quantitative estimate of drug-likeness (QED) is 0.759. The summed E-state index contributed by atoms with van der Waals surface area (Å²) in [5.74, 6) is 0. The van der Waals surface area contributed by atoms with Crippen molar-refractivity contribution < 1.29 is 5.11 Å². The Morgan fingerprint density at radius 1 is 1.38 bits per heavy atom. The monoisotopic (exact) mass is 310 g/mol. The fourth-order valence-corrected chi connectivity index (χ4v) is 3.14. The van der Waals surface area contributed by atoms with Crippen LogP contribution in [0.25, 0.3) is 0 Å². The van der Waals surface area contributed by atoms with Crippen LogP contribution in [0.1, 0.15) is 44.2 Å². The highest BCUT2D eigenvalue weighted by Crippen LogP contribution is 2.20. The van der Waals surface area contributed by atoms with Crippen LogP contribution in [0.3, 0.4) is 0 Å². The van der Waals surface area contributed by atoms with Crippen molar-refractivity contribution in [3.63, 3.8) is 0 Å². The van der Waals surface area contributed by atoms with Crippen LogP contribution in [0.4, 0.5) is 0 Å². The number of hydrogen-bond donors (Lipinski definition) is 2. The number of benzene rings is 1. The number of likely N-dealkylation sites (tertiary alicyclic amines) is 1. The molecule has 0 aliphatic carbocycles. The first kappa shape index (κ1) is 16.8. The molecule has 0 spiro atoms. The lowest BCUT2D eigenvalue weighted by Crippen LogP contribution is -2.37. The Hall–Kier alpha value is -0.610. The van der Waals surface area contributed by atoms with E-state index in [0.29, 0.717) is 6.04 Å². The zero-order chi connectivity index (χ0) is 15.1. The van der Waals surface area contributed by atoms with Crippen molar-refractivity contribution in [1.82, 2.24) is 10.2 Å². The Morgan fingerprint density at radius 3 is 2.81 bits per heavy atom. The molecule has 1 atom stereocenters. The first-order chi connectivity index (χ1) is 10.2. The van der Waals surface area contributed by atoms with Crippen LogP contribution in [-0.2, 0) is 0 Å². The molecule has 1 aromatic carbocycles. The predicted molar refractivity (Wildman–Crippen MR) is 88.8 cm³/mol. The molecule has 118 valence electrons. The Morgan fingerprint density at radius 2 is 2.14 bits per heavy atom. The minimum Gasteiger partial charge on any atom is -0.393 e. The summed E-state index contributed by atoms with van der Waals surface area (Å²) in [5.41, 5.74) is 1.27. The zero-order valence-electron chi connectivity index (χ0n) is 12.9. The van der Waals surface area contributed by atoms with Gasteiger partial charge in [-0.25, -0.2) is 0 Å². The van der Waals surface area contributed by atoms with Crippen molar-refractivity contribution in [2.24, 2.45) is 0 Å². The standard InChI is InChI=1S/C17H27ClN2O/c1-2-17(14-5-3-6-15(18)13-14)19-9-4-10-20-11-7-16(21)8-12-20/h3,5-6,13,16-17,19,21H,2,4,7-12H2,1H3. The molecule has 2 rings (SSSR count). The minimum atomic E-state index is -0.0772. The molecule has 4 heteroatoms. The molecule has 0 amide bonds. The van der Waals surface area contributed by atoms with Gasteiger partial charge in [-0.15, -0.1) is 0 Å². The van der Waals surface area contributed by atoms with E-state index in [4.69, 9.17) is 11.6 Å². The van der Waals surface area contributed by atoms with Gasteiger partial charge in [0.15, 0.2) is 0 Å². The number of rotatable bonds is 7. The number of hydrogen-bond acceptors (Lipinski definition) is 3. The fraction of sp³-hybridized carbons (Fsp3) is 0.647. The van der Waals surface area contributed by atoms with Crippen molar-refractivity contribution in [2.75, 3.05) is 26.2 Å². The second-order valence-corrected chi connectivity index (χ2v) is 6.33. The molecular weight excluding hydrogens is 284 g/mol. The smallest absolute Gasteiger partial charge is 0.0564 e. The highest BCUT2D eigenvalue weighted by molar-refractivity contribution is 6.30. The summed E-state index contributed by atoms with van der Waals surface area (Å²) in [6, 6.07) is 8.50. The average Bonchev–Trinajstić information content (AvgIpc) is 2.49. The van der Waals surface area contributed by atoms with Gasteiger partial charge in [0.1, 0.15) is 0 Å². The van der Waals surface area contributed by atoms with E-state index in [2.05, 4.69) is 29.3 Å². The molecule has 0 aromatic heterocycles. The van der Waals surface area contributed by atoms with Crippen molar-refractivity contribution >= 4 is 11.6 Å². The van der Waals surface area contributed by atoms with Crippen LogP contribution in [0, 0.1) is 0 Å². The van der Waals surface area contributed by atoms with Gasteiger partial charge in [-0.2, -0.15) is 0 Å². The first-order valence-corrected chi connectivity index (χ1v) is 8.46. The summed E-state index contributed by atoms with van der Waals surface area (Å²) in [7, 11) is 0. The molecule has 2 N–H and O–H groups in total. The molecule has 1 aromatic rings. The third-order valence-electron chi connectivity index (χ3n) is 4.26. The maximum Gasteiger partial charge on any atom is 0.0564 e. The molecule has 1 fully saturated rings. The molecule has 0 radical (unpaired) electrons. The average molecular weight is 311 g/mol. The highest BCUT2D eigenvalue weighted by Gasteiger charge is 2.16. The van der Waals surface area contributed by atoms with Gasteiger partial charge in [0, 0.05) is 24.2 Å².